The maximum absolute atomic E-state index is 10.2. The van der Waals surface area contributed by atoms with E-state index in [4.69, 9.17) is 4.52 Å². The topological polar surface area (TPSA) is 26.3 Å². The Morgan fingerprint density at radius 1 is 1.50 bits per heavy atom. The monoisotopic (exact) mass is 200 g/mol. The first-order valence-electron chi connectivity index (χ1n) is 4.05. The van der Waals surface area contributed by atoms with Crippen LogP contribution in [0.2, 0.25) is 0 Å². The van der Waals surface area contributed by atoms with Crippen LogP contribution in [0.1, 0.15) is 40.5 Å². The van der Waals surface area contributed by atoms with E-state index in [9.17, 15) is 4.57 Å². The average molecular weight is 200 g/mol. The van der Waals surface area contributed by atoms with Crippen molar-refractivity contribution in [3.63, 3.8) is 0 Å². The van der Waals surface area contributed by atoms with Gasteiger partial charge < -0.3 is 0 Å². The van der Waals surface area contributed by atoms with Crippen LogP contribution in [0.5, 0.6) is 0 Å². The van der Waals surface area contributed by atoms with Crippen molar-refractivity contribution in [2.24, 2.45) is 5.92 Å². The summed E-state index contributed by atoms with van der Waals surface area (Å²) in [7, 11) is -0.215. The van der Waals surface area contributed by atoms with E-state index >= 15 is 0 Å². The van der Waals surface area contributed by atoms with E-state index < -0.39 is 0 Å². The molecule has 0 heterocycles. The SMILES string of the molecule is CCCC(C)C(C)(C)OP=O.[NaH]. The zero-order valence-corrected chi connectivity index (χ0v) is 8.65. The molecule has 0 aliphatic heterocycles. The van der Waals surface area contributed by atoms with Gasteiger partial charge in [0.15, 0.2) is 0 Å². The summed E-state index contributed by atoms with van der Waals surface area (Å²) in [5.74, 6) is 0.453. The van der Waals surface area contributed by atoms with Gasteiger partial charge in [0.2, 0.25) is 0 Å². The number of hydrogen-bond acceptors (Lipinski definition) is 2. The summed E-state index contributed by atoms with van der Waals surface area (Å²) < 4.78 is 15.3. The molecule has 1 unspecified atom stereocenters. The van der Waals surface area contributed by atoms with Crippen LogP contribution in [0.25, 0.3) is 0 Å². The first-order valence-corrected chi connectivity index (χ1v) is 4.78. The van der Waals surface area contributed by atoms with Crippen LogP contribution in [0, 0.1) is 5.92 Å². The summed E-state index contributed by atoms with van der Waals surface area (Å²) in [6, 6.07) is 0. The molecule has 0 aromatic carbocycles. The summed E-state index contributed by atoms with van der Waals surface area (Å²) in [6.07, 6.45) is 2.26. The predicted molar refractivity (Wildman–Crippen MR) is 54.0 cm³/mol. The molecule has 0 aromatic heterocycles. The van der Waals surface area contributed by atoms with Crippen LogP contribution < -0.4 is 0 Å². The molecule has 0 spiro atoms. The first-order chi connectivity index (χ1) is 5.04. The molecule has 0 saturated heterocycles. The zero-order valence-electron chi connectivity index (χ0n) is 7.76. The van der Waals surface area contributed by atoms with Crippen LogP contribution in [0.15, 0.2) is 0 Å². The Bertz CT molecular complexity index is 128. The van der Waals surface area contributed by atoms with Crippen molar-refractivity contribution >= 4 is 38.2 Å². The van der Waals surface area contributed by atoms with E-state index in [0.717, 1.165) is 12.8 Å². The van der Waals surface area contributed by atoms with Crippen molar-refractivity contribution in [2.45, 2.75) is 46.1 Å². The fourth-order valence-electron chi connectivity index (χ4n) is 0.967. The van der Waals surface area contributed by atoms with Gasteiger partial charge in [-0.3, -0.25) is 4.52 Å². The van der Waals surface area contributed by atoms with Crippen LogP contribution in [-0.4, -0.2) is 35.2 Å². The van der Waals surface area contributed by atoms with E-state index in [-0.39, 0.29) is 43.8 Å². The van der Waals surface area contributed by atoms with E-state index in [0.29, 0.717) is 5.92 Å². The van der Waals surface area contributed by atoms with Crippen LogP contribution >= 0.6 is 8.69 Å². The van der Waals surface area contributed by atoms with Gasteiger partial charge in [-0.05, 0) is 26.2 Å². The Kier molecular flexibility index (Phi) is 9.66. The predicted octanol–water partition coefficient (Wildman–Crippen LogP) is 2.78. The van der Waals surface area contributed by atoms with Gasteiger partial charge in [0, 0.05) is 0 Å². The number of hydrogen-bond donors (Lipinski definition) is 0. The molecule has 68 valence electrons. The molecule has 0 radical (unpaired) electrons. The Morgan fingerprint density at radius 2 is 2.00 bits per heavy atom. The number of rotatable bonds is 5. The zero-order chi connectivity index (χ0) is 8.91. The molecule has 0 rings (SSSR count). The molecular weight excluding hydrogens is 182 g/mol. The second kappa shape index (κ2) is 7.46. The third-order valence-electron chi connectivity index (χ3n) is 2.18. The second-order valence-corrected chi connectivity index (χ2v) is 3.79. The van der Waals surface area contributed by atoms with E-state index in [1.165, 1.54) is 0 Å². The molecule has 0 N–H and O–H groups in total. The summed E-state index contributed by atoms with van der Waals surface area (Å²) in [6.45, 7) is 8.20. The van der Waals surface area contributed by atoms with Gasteiger partial charge in [-0.15, -0.1) is 0 Å². The van der Waals surface area contributed by atoms with Crippen molar-refractivity contribution in [2.75, 3.05) is 0 Å². The van der Waals surface area contributed by atoms with Crippen molar-refractivity contribution in [1.82, 2.24) is 0 Å². The Morgan fingerprint density at radius 3 is 2.33 bits per heavy atom. The normalized spacial score (nSPS) is 14.0. The fourth-order valence-corrected chi connectivity index (χ4v) is 1.34. The molecule has 0 fully saturated rings. The first kappa shape index (κ1) is 15.5. The summed E-state index contributed by atoms with van der Waals surface area (Å²) in [5.41, 5.74) is -0.265. The average Bonchev–Trinajstić information content (AvgIpc) is 1.88. The Balaban J connectivity index is 0. The minimum atomic E-state index is -0.265. The fraction of sp³-hybridized carbons (Fsp3) is 1.00. The van der Waals surface area contributed by atoms with Gasteiger partial charge in [0.1, 0.15) is 0 Å². The minimum absolute atomic E-state index is 0. The van der Waals surface area contributed by atoms with Gasteiger partial charge in [-0.1, -0.05) is 20.3 Å². The molecule has 0 saturated carbocycles. The van der Waals surface area contributed by atoms with Crippen molar-refractivity contribution in [3.8, 4) is 0 Å². The molecule has 0 amide bonds. The third kappa shape index (κ3) is 5.66. The molecule has 0 bridgehead atoms. The Labute approximate surface area is 99.0 Å². The molecular formula is C8H18NaO2P. The quantitative estimate of drug-likeness (QED) is 0.504. The van der Waals surface area contributed by atoms with Crippen molar-refractivity contribution < 1.29 is 9.09 Å². The molecule has 0 aliphatic rings. The second-order valence-electron chi connectivity index (χ2n) is 3.46. The maximum atomic E-state index is 10.2. The standard InChI is InChI=1S/C8H17O2P.Na.H/c1-5-6-7(2)8(3,4)10-11-9;;/h7H,5-6H2,1-4H3;;. The van der Waals surface area contributed by atoms with Crippen molar-refractivity contribution in [1.29, 1.82) is 0 Å². The van der Waals surface area contributed by atoms with Crippen LogP contribution in [0.3, 0.4) is 0 Å². The molecule has 4 heteroatoms. The van der Waals surface area contributed by atoms with Gasteiger partial charge in [0.05, 0.1) is 5.60 Å². The van der Waals surface area contributed by atoms with E-state index in [2.05, 4.69) is 13.8 Å². The summed E-state index contributed by atoms with van der Waals surface area (Å²) in [5, 5.41) is 0. The van der Waals surface area contributed by atoms with E-state index in [1.807, 2.05) is 13.8 Å². The third-order valence-corrected chi connectivity index (χ3v) is 2.73. The van der Waals surface area contributed by atoms with Crippen LogP contribution in [0.4, 0.5) is 0 Å². The molecule has 0 aromatic rings. The molecule has 12 heavy (non-hydrogen) atoms. The van der Waals surface area contributed by atoms with Crippen LogP contribution in [-0.2, 0) is 9.09 Å². The molecule has 2 nitrogen and oxygen atoms in total. The van der Waals surface area contributed by atoms with E-state index in [1.54, 1.807) is 0 Å². The molecule has 0 aliphatic carbocycles. The summed E-state index contributed by atoms with van der Waals surface area (Å²) in [4.78, 5) is 0. The van der Waals surface area contributed by atoms with Gasteiger partial charge in [-0.25, -0.2) is 4.57 Å². The molecule has 1 atom stereocenters. The van der Waals surface area contributed by atoms with Crippen molar-refractivity contribution in [3.05, 3.63) is 0 Å². The van der Waals surface area contributed by atoms with Gasteiger partial charge >= 0.3 is 38.2 Å². The Hall–Kier alpha value is 1.06. The summed E-state index contributed by atoms with van der Waals surface area (Å²) >= 11 is 0. The van der Waals surface area contributed by atoms with Gasteiger partial charge in [0.25, 0.3) is 0 Å². The van der Waals surface area contributed by atoms with Gasteiger partial charge in [-0.2, -0.15) is 0 Å².